The first-order valence-corrected chi connectivity index (χ1v) is 9.29. The van der Waals surface area contributed by atoms with Crippen LogP contribution in [0.2, 0.25) is 0 Å². The molecule has 4 atom stereocenters. The lowest BCUT2D eigenvalue weighted by molar-refractivity contribution is -0.154. The van der Waals surface area contributed by atoms with Crippen molar-refractivity contribution in [3.63, 3.8) is 0 Å². The van der Waals surface area contributed by atoms with E-state index in [9.17, 15) is 31.9 Å². The van der Waals surface area contributed by atoms with E-state index < -0.39 is 68.0 Å². The Morgan fingerprint density at radius 2 is 1.97 bits per heavy atom. The topological polar surface area (TPSA) is 141 Å². The lowest BCUT2D eigenvalue weighted by Gasteiger charge is -2.19. The summed E-state index contributed by atoms with van der Waals surface area (Å²) < 4.78 is 70.0. The molecule has 0 aliphatic carbocycles. The van der Waals surface area contributed by atoms with Crippen LogP contribution in [0.15, 0.2) is 11.0 Å². The molecule has 2 N–H and O–H groups in total. The number of ether oxygens (including phenoxy) is 3. The molecular weight excluding hydrogens is 446 g/mol. The summed E-state index contributed by atoms with van der Waals surface area (Å²) >= 11 is 0. The van der Waals surface area contributed by atoms with Gasteiger partial charge in [0.25, 0.3) is 0 Å². The second-order valence-electron chi connectivity index (χ2n) is 6.99. The maximum atomic E-state index is 15.0. The Kier molecular flexibility index (Phi) is 6.39. The van der Waals surface area contributed by atoms with Crippen LogP contribution in [0.4, 0.5) is 23.5 Å². The van der Waals surface area contributed by atoms with Gasteiger partial charge < -0.3 is 19.9 Å². The van der Waals surface area contributed by atoms with Gasteiger partial charge in [-0.15, -0.1) is 0 Å². The van der Waals surface area contributed by atoms with Crippen LogP contribution in [0.3, 0.4) is 0 Å². The summed E-state index contributed by atoms with van der Waals surface area (Å²) in [6, 6.07) is 0. The first kappa shape index (κ1) is 23.4. The van der Waals surface area contributed by atoms with Gasteiger partial charge in [-0.2, -0.15) is 18.2 Å². The number of nitrogens with two attached hydrogens (primary N) is 1. The minimum absolute atomic E-state index is 0.113. The second kappa shape index (κ2) is 8.72. The third-order valence-electron chi connectivity index (χ3n) is 4.62. The van der Waals surface area contributed by atoms with Crippen molar-refractivity contribution < 1.29 is 41.4 Å². The molecule has 1 fully saturated rings. The van der Waals surface area contributed by atoms with E-state index in [0.29, 0.717) is 0 Å². The highest BCUT2D eigenvalue weighted by atomic mass is 19.4. The molecule has 1 aliphatic rings. The highest BCUT2D eigenvalue weighted by Crippen LogP contribution is 2.35. The zero-order chi connectivity index (χ0) is 23.8. The van der Waals surface area contributed by atoms with Gasteiger partial charge >= 0.3 is 23.8 Å². The van der Waals surface area contributed by atoms with Gasteiger partial charge in [-0.3, -0.25) is 14.2 Å². The van der Waals surface area contributed by atoms with Crippen molar-refractivity contribution in [1.29, 1.82) is 0 Å². The van der Waals surface area contributed by atoms with Gasteiger partial charge in [-0.1, -0.05) is 0 Å². The van der Waals surface area contributed by atoms with Crippen molar-refractivity contribution in [1.82, 2.24) is 19.1 Å². The van der Waals surface area contributed by atoms with Crippen LogP contribution < -0.4 is 11.4 Å². The monoisotopic (exact) mass is 465 g/mol. The normalized spacial score (nSPS) is 23.4. The van der Waals surface area contributed by atoms with Crippen molar-refractivity contribution in [2.24, 2.45) is 0 Å². The van der Waals surface area contributed by atoms with Crippen molar-refractivity contribution in [2.75, 3.05) is 12.3 Å². The van der Waals surface area contributed by atoms with Crippen molar-refractivity contribution in [3.05, 3.63) is 16.7 Å². The number of hydrogen-bond acceptors (Lipinski definition) is 9. The lowest BCUT2D eigenvalue weighted by atomic mass is 10.1. The fraction of sp³-hybridized carbons (Fsp3) is 0.588. The number of aryl methyl sites for hydroxylation is 1. The largest absolute Gasteiger partial charge is 0.463 e. The molecule has 0 radical (unpaired) electrons. The first-order valence-electron chi connectivity index (χ1n) is 9.29. The van der Waals surface area contributed by atoms with Crippen LogP contribution in [0, 0.1) is 0 Å². The summed E-state index contributed by atoms with van der Waals surface area (Å²) in [5.41, 5.74) is 4.17. The smallest absolute Gasteiger partial charge is 0.390 e. The van der Waals surface area contributed by atoms with Crippen LogP contribution in [0.25, 0.3) is 11.2 Å². The van der Waals surface area contributed by atoms with Crippen LogP contribution >= 0.6 is 0 Å². The molecule has 2 aromatic heterocycles. The number of nitrogen functional groups attached to an aromatic ring is 1. The molecule has 0 bridgehead atoms. The molecule has 0 unspecified atom stereocenters. The van der Waals surface area contributed by atoms with Crippen LogP contribution in [-0.4, -0.2) is 62.2 Å². The Balaban J connectivity index is 2.09. The lowest BCUT2D eigenvalue weighted by Crippen LogP contribution is -2.37. The maximum absolute atomic E-state index is 15.0. The molecule has 176 valence electrons. The number of aromatic nitrogens is 4. The summed E-state index contributed by atoms with van der Waals surface area (Å²) in [7, 11) is 0. The number of fused-ring (bicyclic) bond motifs is 1. The second-order valence-corrected chi connectivity index (χ2v) is 6.99. The number of hydrogen-bond donors (Lipinski definition) is 1. The number of nitrogens with zero attached hydrogens (tertiary/aromatic N) is 4. The summed E-state index contributed by atoms with van der Waals surface area (Å²) in [5.74, 6) is -1.94. The number of esters is 2. The Morgan fingerprint density at radius 3 is 2.56 bits per heavy atom. The molecule has 2 aromatic rings. The van der Waals surface area contributed by atoms with E-state index in [1.807, 2.05) is 0 Å². The summed E-state index contributed by atoms with van der Waals surface area (Å²) in [5, 5.41) is 0. The zero-order valence-electron chi connectivity index (χ0n) is 16.8. The number of halogens is 4. The van der Waals surface area contributed by atoms with Crippen molar-refractivity contribution in [2.45, 2.75) is 57.6 Å². The fourth-order valence-corrected chi connectivity index (χ4v) is 3.31. The average molecular weight is 465 g/mol. The van der Waals surface area contributed by atoms with Crippen LogP contribution in [0.5, 0.6) is 0 Å². The van der Waals surface area contributed by atoms with Crippen LogP contribution in [0.1, 0.15) is 26.5 Å². The third kappa shape index (κ3) is 4.81. The molecule has 3 rings (SSSR count). The SMILES string of the molecule is CC(=O)OC[C@H]1O[C@@H](n2c(=O)n(CCC(F)(F)F)c3cnc(N)nc32)[C@H](OC(C)=O)[C@@H]1F. The Hall–Kier alpha value is -3.23. The predicted octanol–water partition coefficient (Wildman–Crippen LogP) is 0.858. The van der Waals surface area contributed by atoms with E-state index in [-0.39, 0.29) is 17.1 Å². The van der Waals surface area contributed by atoms with Gasteiger partial charge in [0.15, 0.2) is 24.2 Å². The van der Waals surface area contributed by atoms with E-state index in [0.717, 1.165) is 29.2 Å². The number of imidazole rings is 1. The van der Waals surface area contributed by atoms with Gasteiger partial charge in [0.05, 0.1) is 12.6 Å². The molecule has 11 nitrogen and oxygen atoms in total. The third-order valence-corrected chi connectivity index (χ3v) is 4.62. The van der Waals surface area contributed by atoms with Crippen molar-refractivity contribution in [3.8, 4) is 0 Å². The van der Waals surface area contributed by atoms with Gasteiger partial charge in [-0.25, -0.2) is 18.7 Å². The summed E-state index contributed by atoms with van der Waals surface area (Å²) in [4.78, 5) is 43.2. The van der Waals surface area contributed by atoms with E-state index in [1.54, 1.807) is 0 Å². The number of anilines is 1. The first-order chi connectivity index (χ1) is 14.9. The number of alkyl halides is 4. The molecule has 0 spiro atoms. The van der Waals surface area contributed by atoms with Gasteiger partial charge in [0.1, 0.15) is 18.2 Å². The number of rotatable bonds is 6. The molecule has 32 heavy (non-hydrogen) atoms. The maximum Gasteiger partial charge on any atom is 0.390 e. The highest BCUT2D eigenvalue weighted by molar-refractivity contribution is 5.72. The fourth-order valence-electron chi connectivity index (χ4n) is 3.31. The van der Waals surface area contributed by atoms with E-state index in [2.05, 4.69) is 9.97 Å². The molecule has 0 amide bonds. The molecular formula is C17H19F4N5O6. The van der Waals surface area contributed by atoms with E-state index in [1.165, 1.54) is 0 Å². The zero-order valence-corrected chi connectivity index (χ0v) is 16.8. The standard InChI is InChI=1S/C17H19F4N5O6/c1-7(27)30-6-10-11(18)12(31-8(2)28)14(32-10)26-13-9(5-23-15(22)24-13)25(16(26)29)4-3-17(19,20)21/h5,10-12,14H,3-4,6H2,1-2H3,(H2,22,23,24)/t10-,11-,12-,14-/m1/s1. The predicted molar refractivity (Wildman–Crippen MR) is 97.9 cm³/mol. The van der Waals surface area contributed by atoms with Crippen molar-refractivity contribution >= 4 is 29.1 Å². The van der Waals surface area contributed by atoms with Gasteiger partial charge in [-0.05, 0) is 0 Å². The number of carbonyl (C=O) groups is 2. The summed E-state index contributed by atoms with van der Waals surface area (Å²) in [6.07, 6.45) is -11.6. The van der Waals surface area contributed by atoms with Gasteiger partial charge in [0, 0.05) is 20.4 Å². The highest BCUT2D eigenvalue weighted by Gasteiger charge is 2.50. The van der Waals surface area contributed by atoms with E-state index in [4.69, 9.17) is 19.9 Å². The minimum atomic E-state index is -4.56. The molecule has 15 heteroatoms. The Bertz CT molecular complexity index is 1080. The molecule has 0 aromatic carbocycles. The molecule has 1 aliphatic heterocycles. The Labute approximate surface area is 177 Å². The van der Waals surface area contributed by atoms with Crippen LogP contribution in [-0.2, 0) is 30.3 Å². The molecule has 0 saturated carbocycles. The van der Waals surface area contributed by atoms with E-state index >= 15 is 0 Å². The minimum Gasteiger partial charge on any atom is -0.463 e. The molecule has 3 heterocycles. The number of carbonyl (C=O) groups excluding carboxylic acids is 2. The molecule has 1 saturated heterocycles. The summed E-state index contributed by atoms with van der Waals surface area (Å²) in [6.45, 7) is 0.754. The average Bonchev–Trinajstić information content (AvgIpc) is 3.10. The Morgan fingerprint density at radius 1 is 1.28 bits per heavy atom. The van der Waals surface area contributed by atoms with Gasteiger partial charge in [0.2, 0.25) is 5.95 Å². The quantitative estimate of drug-likeness (QED) is 0.486.